The Morgan fingerprint density at radius 3 is 2.94 bits per heavy atom. The summed E-state index contributed by atoms with van der Waals surface area (Å²) in [4.78, 5) is 14.9. The maximum absolute atomic E-state index is 12.2. The van der Waals surface area contributed by atoms with Crippen LogP contribution in [0.4, 0.5) is 0 Å². The zero-order chi connectivity index (χ0) is 11.7. The molecule has 88 valence electrons. The van der Waals surface area contributed by atoms with Gasteiger partial charge in [0.2, 0.25) is 0 Å². The Bertz CT molecular complexity index is 393. The SMILES string of the molecule is CC1CN(C(=O)c2ccc(Br)s2)C(C)CO1. The van der Waals surface area contributed by atoms with E-state index in [-0.39, 0.29) is 18.1 Å². The monoisotopic (exact) mass is 303 g/mol. The Morgan fingerprint density at radius 1 is 1.56 bits per heavy atom. The van der Waals surface area contributed by atoms with E-state index in [0.29, 0.717) is 13.2 Å². The van der Waals surface area contributed by atoms with Crippen molar-refractivity contribution < 1.29 is 9.53 Å². The van der Waals surface area contributed by atoms with Gasteiger partial charge in [-0.1, -0.05) is 0 Å². The van der Waals surface area contributed by atoms with Crippen molar-refractivity contribution in [1.29, 1.82) is 0 Å². The summed E-state index contributed by atoms with van der Waals surface area (Å²) in [5, 5.41) is 0. The van der Waals surface area contributed by atoms with E-state index in [9.17, 15) is 4.79 Å². The number of hydrogen-bond acceptors (Lipinski definition) is 3. The molecule has 2 rings (SSSR count). The van der Waals surface area contributed by atoms with Gasteiger partial charge in [-0.3, -0.25) is 4.79 Å². The van der Waals surface area contributed by atoms with Crippen LogP contribution < -0.4 is 0 Å². The summed E-state index contributed by atoms with van der Waals surface area (Å²) in [7, 11) is 0. The third kappa shape index (κ3) is 2.47. The highest BCUT2D eigenvalue weighted by Crippen LogP contribution is 2.25. The number of nitrogens with zero attached hydrogens (tertiary/aromatic N) is 1. The predicted octanol–water partition coefficient (Wildman–Crippen LogP) is 2.76. The van der Waals surface area contributed by atoms with Gasteiger partial charge in [0.05, 0.1) is 27.4 Å². The van der Waals surface area contributed by atoms with Gasteiger partial charge in [0, 0.05) is 6.54 Å². The maximum Gasteiger partial charge on any atom is 0.264 e. The first kappa shape index (κ1) is 12.1. The third-order valence-corrected chi connectivity index (χ3v) is 4.26. The summed E-state index contributed by atoms with van der Waals surface area (Å²) in [5.41, 5.74) is 0. The van der Waals surface area contributed by atoms with E-state index in [1.54, 1.807) is 0 Å². The van der Waals surface area contributed by atoms with Crippen molar-refractivity contribution in [3.63, 3.8) is 0 Å². The summed E-state index contributed by atoms with van der Waals surface area (Å²) in [6.45, 7) is 5.32. The van der Waals surface area contributed by atoms with E-state index < -0.39 is 0 Å². The van der Waals surface area contributed by atoms with Crippen LogP contribution in [0.5, 0.6) is 0 Å². The first-order valence-corrected chi connectivity index (χ1v) is 6.87. The fourth-order valence-electron chi connectivity index (χ4n) is 1.76. The highest BCUT2D eigenvalue weighted by atomic mass is 79.9. The minimum atomic E-state index is 0.110. The van der Waals surface area contributed by atoms with Crippen LogP contribution in [0.1, 0.15) is 23.5 Å². The van der Waals surface area contributed by atoms with Crippen molar-refractivity contribution in [2.75, 3.05) is 13.2 Å². The molecule has 1 saturated heterocycles. The molecule has 0 N–H and O–H groups in total. The molecule has 1 amide bonds. The third-order valence-electron chi connectivity index (χ3n) is 2.65. The average Bonchev–Trinajstić information content (AvgIpc) is 2.67. The molecular weight excluding hydrogens is 290 g/mol. The Hall–Kier alpha value is -0.390. The minimum Gasteiger partial charge on any atom is -0.375 e. The van der Waals surface area contributed by atoms with Crippen molar-refractivity contribution in [1.82, 2.24) is 4.90 Å². The Morgan fingerprint density at radius 2 is 2.31 bits per heavy atom. The van der Waals surface area contributed by atoms with Crippen molar-refractivity contribution in [3.8, 4) is 0 Å². The number of amides is 1. The number of carbonyl (C=O) groups is 1. The van der Waals surface area contributed by atoms with E-state index in [0.717, 1.165) is 8.66 Å². The standard InChI is InChI=1S/C11H14BrNO2S/c1-7-6-15-8(2)5-13(7)11(14)9-3-4-10(12)16-9/h3-4,7-8H,5-6H2,1-2H3. The lowest BCUT2D eigenvalue weighted by atomic mass is 10.2. The van der Waals surface area contributed by atoms with Gasteiger partial charge in [-0.2, -0.15) is 0 Å². The molecule has 0 radical (unpaired) electrons. The fraction of sp³-hybridized carbons (Fsp3) is 0.545. The Labute approximate surface area is 108 Å². The van der Waals surface area contributed by atoms with Gasteiger partial charge in [0.25, 0.3) is 5.91 Å². The largest absolute Gasteiger partial charge is 0.375 e. The number of hydrogen-bond donors (Lipinski definition) is 0. The zero-order valence-corrected chi connectivity index (χ0v) is 11.7. The van der Waals surface area contributed by atoms with Crippen LogP contribution in [0.25, 0.3) is 0 Å². The number of ether oxygens (including phenoxy) is 1. The van der Waals surface area contributed by atoms with Crippen LogP contribution in [-0.4, -0.2) is 36.1 Å². The maximum atomic E-state index is 12.2. The van der Waals surface area contributed by atoms with Crippen molar-refractivity contribution >= 4 is 33.2 Å². The van der Waals surface area contributed by atoms with Gasteiger partial charge in [-0.15, -0.1) is 11.3 Å². The molecule has 2 unspecified atom stereocenters. The number of morpholine rings is 1. The molecule has 1 aromatic rings. The molecule has 0 aliphatic carbocycles. The van der Waals surface area contributed by atoms with Crippen LogP contribution in [0.2, 0.25) is 0 Å². The molecule has 2 heterocycles. The van der Waals surface area contributed by atoms with E-state index in [1.165, 1.54) is 11.3 Å². The molecule has 5 heteroatoms. The van der Waals surface area contributed by atoms with Crippen LogP contribution in [0.3, 0.4) is 0 Å². The fourth-order valence-corrected chi connectivity index (χ4v) is 3.10. The molecule has 1 fully saturated rings. The number of thiophene rings is 1. The molecule has 1 aliphatic rings. The molecule has 0 saturated carbocycles. The minimum absolute atomic E-state index is 0.110. The van der Waals surface area contributed by atoms with E-state index in [1.807, 2.05) is 30.9 Å². The predicted molar refractivity (Wildman–Crippen MR) is 67.9 cm³/mol. The van der Waals surface area contributed by atoms with E-state index in [4.69, 9.17) is 4.74 Å². The summed E-state index contributed by atoms with van der Waals surface area (Å²) >= 11 is 4.85. The molecule has 0 bridgehead atoms. The smallest absolute Gasteiger partial charge is 0.264 e. The highest BCUT2D eigenvalue weighted by molar-refractivity contribution is 9.11. The van der Waals surface area contributed by atoms with Crippen molar-refractivity contribution in [2.24, 2.45) is 0 Å². The summed E-state index contributed by atoms with van der Waals surface area (Å²) in [6, 6.07) is 3.93. The van der Waals surface area contributed by atoms with Crippen LogP contribution in [0, 0.1) is 0 Å². The van der Waals surface area contributed by atoms with Gasteiger partial charge in [-0.25, -0.2) is 0 Å². The zero-order valence-electron chi connectivity index (χ0n) is 9.27. The lowest BCUT2D eigenvalue weighted by Gasteiger charge is -2.36. The topological polar surface area (TPSA) is 29.5 Å². The van der Waals surface area contributed by atoms with Gasteiger partial charge in [0.1, 0.15) is 0 Å². The number of rotatable bonds is 1. The van der Waals surface area contributed by atoms with Crippen LogP contribution in [-0.2, 0) is 4.74 Å². The van der Waals surface area contributed by atoms with Gasteiger partial charge < -0.3 is 9.64 Å². The van der Waals surface area contributed by atoms with Crippen LogP contribution in [0.15, 0.2) is 15.9 Å². The van der Waals surface area contributed by atoms with Crippen LogP contribution >= 0.6 is 27.3 Å². The molecule has 16 heavy (non-hydrogen) atoms. The second-order valence-corrected chi connectivity index (χ2v) is 6.52. The van der Waals surface area contributed by atoms with E-state index in [2.05, 4.69) is 15.9 Å². The first-order chi connectivity index (χ1) is 7.58. The summed E-state index contributed by atoms with van der Waals surface area (Å²) in [5.74, 6) is 0.110. The molecule has 3 nitrogen and oxygen atoms in total. The lowest BCUT2D eigenvalue weighted by molar-refractivity contribution is -0.0385. The molecule has 1 aliphatic heterocycles. The van der Waals surface area contributed by atoms with Gasteiger partial charge in [-0.05, 0) is 41.9 Å². The highest BCUT2D eigenvalue weighted by Gasteiger charge is 2.28. The average molecular weight is 304 g/mol. The Kier molecular flexibility index (Phi) is 3.66. The normalized spacial score (nSPS) is 25.8. The van der Waals surface area contributed by atoms with Gasteiger partial charge >= 0.3 is 0 Å². The van der Waals surface area contributed by atoms with Crippen molar-refractivity contribution in [3.05, 3.63) is 20.8 Å². The summed E-state index contributed by atoms with van der Waals surface area (Å²) in [6.07, 6.45) is 0.128. The molecule has 1 aromatic heterocycles. The Balaban J connectivity index is 2.14. The molecule has 0 spiro atoms. The van der Waals surface area contributed by atoms with Gasteiger partial charge in [0.15, 0.2) is 0 Å². The second kappa shape index (κ2) is 4.85. The van der Waals surface area contributed by atoms with E-state index >= 15 is 0 Å². The first-order valence-electron chi connectivity index (χ1n) is 5.26. The lowest BCUT2D eigenvalue weighted by Crippen LogP contribution is -2.50. The summed E-state index contributed by atoms with van der Waals surface area (Å²) < 4.78 is 6.50. The number of halogens is 1. The number of carbonyl (C=O) groups excluding carboxylic acids is 1. The molecule has 0 aromatic carbocycles. The molecule has 2 atom stereocenters. The second-order valence-electron chi connectivity index (χ2n) is 4.05. The molecular formula is C11H14BrNO2S. The van der Waals surface area contributed by atoms with Crippen molar-refractivity contribution in [2.45, 2.75) is 26.0 Å². The quantitative estimate of drug-likeness (QED) is 0.798.